The van der Waals surface area contributed by atoms with Gasteiger partial charge in [-0.2, -0.15) is 0 Å². The lowest BCUT2D eigenvalue weighted by molar-refractivity contribution is 0.0153. The van der Waals surface area contributed by atoms with Crippen LogP contribution in [0.4, 0.5) is 0 Å². The minimum absolute atomic E-state index is 0.0418. The van der Waals surface area contributed by atoms with Crippen LogP contribution in [0.5, 0.6) is 0 Å². The molecule has 0 saturated carbocycles. The van der Waals surface area contributed by atoms with Crippen LogP contribution >= 0.6 is 0 Å². The van der Waals surface area contributed by atoms with Gasteiger partial charge in [-0.15, -0.1) is 0 Å². The fourth-order valence-electron chi connectivity index (χ4n) is 2.39. The van der Waals surface area contributed by atoms with Crippen molar-refractivity contribution in [2.45, 2.75) is 31.1 Å². The van der Waals surface area contributed by atoms with E-state index >= 15 is 0 Å². The summed E-state index contributed by atoms with van der Waals surface area (Å²) in [5.41, 5.74) is 0.0418. The Morgan fingerprint density at radius 3 is 2.42 bits per heavy atom. The van der Waals surface area contributed by atoms with Crippen LogP contribution < -0.4 is 4.72 Å². The third-order valence-corrected chi connectivity index (χ3v) is 5.41. The zero-order valence-electron chi connectivity index (χ0n) is 11.3. The van der Waals surface area contributed by atoms with Crippen molar-refractivity contribution in [2.75, 3.05) is 19.8 Å². The van der Waals surface area contributed by atoms with Crippen molar-refractivity contribution in [1.29, 1.82) is 0 Å². The predicted octanol–water partition coefficient (Wildman–Crippen LogP) is 2.17. The van der Waals surface area contributed by atoms with Gasteiger partial charge in [-0.3, -0.25) is 0 Å². The fourth-order valence-corrected chi connectivity index (χ4v) is 3.57. The van der Waals surface area contributed by atoms with Gasteiger partial charge in [-0.1, -0.05) is 25.1 Å². The van der Waals surface area contributed by atoms with Gasteiger partial charge in [0.05, 0.1) is 4.90 Å². The van der Waals surface area contributed by atoms with Gasteiger partial charge in [0, 0.05) is 19.8 Å². The van der Waals surface area contributed by atoms with Gasteiger partial charge >= 0.3 is 0 Å². The molecule has 0 spiro atoms. The molecule has 0 bridgehead atoms. The molecule has 1 aromatic rings. The highest BCUT2D eigenvalue weighted by Crippen LogP contribution is 2.33. The first-order chi connectivity index (χ1) is 9.08. The maximum absolute atomic E-state index is 12.2. The van der Waals surface area contributed by atoms with E-state index in [-0.39, 0.29) is 5.41 Å². The average Bonchev–Trinajstić information content (AvgIpc) is 2.47. The molecule has 19 heavy (non-hydrogen) atoms. The number of ether oxygens (including phenoxy) is 1. The molecule has 5 heteroatoms. The lowest BCUT2D eigenvalue weighted by Crippen LogP contribution is -2.40. The van der Waals surface area contributed by atoms with E-state index in [0.29, 0.717) is 11.4 Å². The SMILES string of the molecule is CCC1(CNS(=O)(=O)c2ccccc2)CCOCC1. The molecule has 1 aliphatic rings. The Hall–Kier alpha value is -0.910. The van der Waals surface area contributed by atoms with Crippen LogP contribution in [0, 0.1) is 5.41 Å². The molecule has 1 N–H and O–H groups in total. The first-order valence-corrected chi connectivity index (χ1v) is 8.19. The maximum atomic E-state index is 12.2. The molecule has 1 aromatic carbocycles. The molecular weight excluding hydrogens is 262 g/mol. The Kier molecular flexibility index (Phi) is 4.60. The molecular formula is C14H21NO3S. The van der Waals surface area contributed by atoms with E-state index in [1.54, 1.807) is 24.3 Å². The first kappa shape index (κ1) is 14.5. The summed E-state index contributed by atoms with van der Waals surface area (Å²) in [6, 6.07) is 8.51. The minimum Gasteiger partial charge on any atom is -0.381 e. The Labute approximate surface area is 115 Å². The largest absolute Gasteiger partial charge is 0.381 e. The molecule has 0 unspecified atom stereocenters. The molecule has 1 aliphatic heterocycles. The van der Waals surface area contributed by atoms with Gasteiger partial charge in [0.1, 0.15) is 0 Å². The molecule has 106 valence electrons. The van der Waals surface area contributed by atoms with Crippen LogP contribution in [0.2, 0.25) is 0 Å². The van der Waals surface area contributed by atoms with Gasteiger partial charge in [-0.25, -0.2) is 13.1 Å². The molecule has 2 rings (SSSR count). The van der Waals surface area contributed by atoms with Gasteiger partial charge in [0.2, 0.25) is 10.0 Å². The quantitative estimate of drug-likeness (QED) is 0.901. The summed E-state index contributed by atoms with van der Waals surface area (Å²) in [5.74, 6) is 0. The van der Waals surface area contributed by atoms with Crippen molar-refractivity contribution in [1.82, 2.24) is 4.72 Å². The molecule has 0 aliphatic carbocycles. The van der Waals surface area contributed by atoms with Crippen LogP contribution in [0.3, 0.4) is 0 Å². The summed E-state index contributed by atoms with van der Waals surface area (Å²) in [7, 11) is -3.40. The summed E-state index contributed by atoms with van der Waals surface area (Å²) in [4.78, 5) is 0.327. The summed E-state index contributed by atoms with van der Waals surface area (Å²) in [6.07, 6.45) is 2.80. The van der Waals surface area contributed by atoms with Crippen LogP contribution in [-0.2, 0) is 14.8 Å². The van der Waals surface area contributed by atoms with Crippen LogP contribution in [-0.4, -0.2) is 28.2 Å². The zero-order chi connectivity index (χ0) is 13.8. The first-order valence-electron chi connectivity index (χ1n) is 6.70. The number of hydrogen-bond acceptors (Lipinski definition) is 3. The molecule has 0 atom stereocenters. The average molecular weight is 283 g/mol. The van der Waals surface area contributed by atoms with Gasteiger partial charge in [-0.05, 0) is 36.8 Å². The Balaban J connectivity index is 2.05. The second-order valence-corrected chi connectivity index (χ2v) is 6.87. The lowest BCUT2D eigenvalue weighted by Gasteiger charge is -2.36. The van der Waals surface area contributed by atoms with Crippen molar-refractivity contribution in [2.24, 2.45) is 5.41 Å². The van der Waals surface area contributed by atoms with Crippen LogP contribution in [0.15, 0.2) is 35.2 Å². The van der Waals surface area contributed by atoms with Gasteiger partial charge < -0.3 is 4.74 Å². The van der Waals surface area contributed by atoms with E-state index in [1.165, 1.54) is 0 Å². The van der Waals surface area contributed by atoms with Gasteiger partial charge in [0.15, 0.2) is 0 Å². The smallest absolute Gasteiger partial charge is 0.240 e. The third kappa shape index (κ3) is 3.55. The monoisotopic (exact) mass is 283 g/mol. The van der Waals surface area contributed by atoms with Gasteiger partial charge in [0.25, 0.3) is 0 Å². The van der Waals surface area contributed by atoms with Crippen LogP contribution in [0.1, 0.15) is 26.2 Å². The molecule has 4 nitrogen and oxygen atoms in total. The van der Waals surface area contributed by atoms with Crippen molar-refractivity contribution in [3.8, 4) is 0 Å². The third-order valence-electron chi connectivity index (χ3n) is 3.99. The summed E-state index contributed by atoms with van der Waals surface area (Å²) < 4.78 is 32.5. The number of hydrogen-bond donors (Lipinski definition) is 1. The van der Waals surface area contributed by atoms with E-state index < -0.39 is 10.0 Å². The highest BCUT2D eigenvalue weighted by Gasteiger charge is 2.32. The van der Waals surface area contributed by atoms with E-state index in [1.807, 2.05) is 6.07 Å². The Morgan fingerprint density at radius 2 is 1.84 bits per heavy atom. The molecule has 0 amide bonds. The normalized spacial score (nSPS) is 19.2. The number of nitrogens with one attached hydrogen (secondary N) is 1. The Morgan fingerprint density at radius 1 is 1.21 bits per heavy atom. The molecule has 1 fully saturated rings. The number of benzene rings is 1. The molecule has 0 aromatic heterocycles. The van der Waals surface area contributed by atoms with E-state index in [0.717, 1.165) is 32.5 Å². The number of rotatable bonds is 5. The van der Waals surface area contributed by atoms with Crippen LogP contribution in [0.25, 0.3) is 0 Å². The maximum Gasteiger partial charge on any atom is 0.240 e. The molecule has 1 heterocycles. The van der Waals surface area contributed by atoms with Crippen molar-refractivity contribution in [3.63, 3.8) is 0 Å². The second-order valence-electron chi connectivity index (χ2n) is 5.10. The second kappa shape index (κ2) is 6.03. The fraction of sp³-hybridized carbons (Fsp3) is 0.571. The molecule has 0 radical (unpaired) electrons. The van der Waals surface area contributed by atoms with E-state index in [9.17, 15) is 8.42 Å². The summed E-state index contributed by atoms with van der Waals surface area (Å²) in [5, 5.41) is 0. The predicted molar refractivity (Wildman–Crippen MR) is 74.4 cm³/mol. The van der Waals surface area contributed by atoms with Crippen molar-refractivity contribution >= 4 is 10.0 Å². The zero-order valence-corrected chi connectivity index (χ0v) is 12.1. The Bertz CT molecular complexity index is 493. The highest BCUT2D eigenvalue weighted by molar-refractivity contribution is 7.89. The number of sulfonamides is 1. The van der Waals surface area contributed by atoms with Crippen molar-refractivity contribution in [3.05, 3.63) is 30.3 Å². The molecule has 1 saturated heterocycles. The standard InChI is InChI=1S/C14H21NO3S/c1-2-14(8-10-18-11-9-14)12-15-19(16,17)13-6-4-3-5-7-13/h3-7,15H,2,8-12H2,1H3. The van der Waals surface area contributed by atoms with E-state index in [4.69, 9.17) is 4.74 Å². The van der Waals surface area contributed by atoms with Crippen molar-refractivity contribution < 1.29 is 13.2 Å². The topological polar surface area (TPSA) is 55.4 Å². The summed E-state index contributed by atoms with van der Waals surface area (Å²) in [6.45, 7) is 4.05. The highest BCUT2D eigenvalue weighted by atomic mass is 32.2. The van der Waals surface area contributed by atoms with E-state index in [2.05, 4.69) is 11.6 Å². The lowest BCUT2D eigenvalue weighted by atomic mass is 9.78. The summed E-state index contributed by atoms with van der Waals surface area (Å²) >= 11 is 0. The minimum atomic E-state index is -3.40.